The molecule has 0 aliphatic carbocycles. The molecule has 0 radical (unpaired) electrons. The van der Waals surface area contributed by atoms with Gasteiger partial charge in [0.05, 0.1) is 19.4 Å². The number of likely N-dealkylation sites (N-methyl/N-ethyl adjacent to an activating group) is 1. The number of hydrogen-bond acceptors (Lipinski definition) is 5. The van der Waals surface area contributed by atoms with Crippen LogP contribution < -0.4 is 14.8 Å². The Hall–Kier alpha value is -2.67. The van der Waals surface area contributed by atoms with Crippen LogP contribution in [-0.4, -0.2) is 61.3 Å². The van der Waals surface area contributed by atoms with Gasteiger partial charge in [0.2, 0.25) is 0 Å². The van der Waals surface area contributed by atoms with Crippen LogP contribution in [0.2, 0.25) is 0 Å². The molecule has 1 atom stereocenters. The average molecular weight is 385 g/mol. The van der Waals surface area contributed by atoms with Crippen molar-refractivity contribution < 1.29 is 18.7 Å². The predicted octanol–water partition coefficient (Wildman–Crippen LogP) is 2.73. The topological polar surface area (TPSA) is 67.2 Å². The Labute approximate surface area is 165 Å². The molecule has 4 rings (SSSR count). The molecule has 1 N–H and O–H groups in total. The lowest BCUT2D eigenvalue weighted by Gasteiger charge is -2.34. The van der Waals surface area contributed by atoms with Crippen molar-refractivity contribution in [3.05, 3.63) is 48.4 Å². The Morgan fingerprint density at radius 3 is 2.71 bits per heavy atom. The normalized spacial score (nSPS) is 20.0. The molecule has 2 amide bonds. The molecular formula is C21H27N3O4. The quantitative estimate of drug-likeness (QED) is 0.857. The molecule has 1 unspecified atom stereocenters. The highest BCUT2D eigenvalue weighted by Crippen LogP contribution is 2.30. The molecule has 7 heteroatoms. The Kier molecular flexibility index (Phi) is 5.71. The van der Waals surface area contributed by atoms with Gasteiger partial charge in [-0.3, -0.25) is 4.90 Å². The minimum absolute atomic E-state index is 0.0630. The van der Waals surface area contributed by atoms with Crippen molar-refractivity contribution in [2.45, 2.75) is 31.5 Å². The number of likely N-dealkylation sites (tertiary alicyclic amines) is 1. The number of ether oxygens (including phenoxy) is 2. The van der Waals surface area contributed by atoms with Gasteiger partial charge in [-0.05, 0) is 37.1 Å². The van der Waals surface area contributed by atoms with Crippen molar-refractivity contribution in [2.24, 2.45) is 0 Å². The number of nitrogens with one attached hydrogen (secondary N) is 1. The number of fused-ring (bicyclic) bond motifs is 1. The monoisotopic (exact) mass is 385 g/mol. The van der Waals surface area contributed by atoms with E-state index in [-0.39, 0.29) is 18.2 Å². The van der Waals surface area contributed by atoms with Crippen LogP contribution in [0.1, 0.15) is 18.6 Å². The first-order valence-corrected chi connectivity index (χ1v) is 9.82. The van der Waals surface area contributed by atoms with E-state index in [4.69, 9.17) is 13.9 Å². The number of hydrogen-bond donors (Lipinski definition) is 1. The van der Waals surface area contributed by atoms with Crippen molar-refractivity contribution in [1.29, 1.82) is 0 Å². The van der Waals surface area contributed by atoms with E-state index >= 15 is 0 Å². The number of rotatable bonds is 5. The molecule has 1 fully saturated rings. The Morgan fingerprint density at radius 2 is 1.96 bits per heavy atom. The van der Waals surface area contributed by atoms with Crippen LogP contribution in [-0.2, 0) is 6.54 Å². The van der Waals surface area contributed by atoms with Gasteiger partial charge in [-0.25, -0.2) is 4.79 Å². The molecule has 150 valence electrons. The van der Waals surface area contributed by atoms with Crippen LogP contribution in [0.5, 0.6) is 11.5 Å². The zero-order valence-electron chi connectivity index (χ0n) is 16.2. The van der Waals surface area contributed by atoms with E-state index in [2.05, 4.69) is 10.2 Å². The van der Waals surface area contributed by atoms with E-state index < -0.39 is 0 Å². The SMILES string of the molecule is CN(CC1COc2ccccc2O1)C(=O)NC1CCN(Cc2ccco2)CC1. The molecule has 0 saturated carbocycles. The van der Waals surface area contributed by atoms with E-state index in [1.165, 1.54) is 0 Å². The summed E-state index contributed by atoms with van der Waals surface area (Å²) in [5, 5.41) is 3.15. The maximum Gasteiger partial charge on any atom is 0.317 e. The zero-order valence-corrected chi connectivity index (χ0v) is 16.2. The first kappa shape index (κ1) is 18.7. The largest absolute Gasteiger partial charge is 0.486 e. The van der Waals surface area contributed by atoms with Crippen molar-refractivity contribution in [3.63, 3.8) is 0 Å². The summed E-state index contributed by atoms with van der Waals surface area (Å²) in [4.78, 5) is 16.6. The Balaban J connectivity index is 1.20. The van der Waals surface area contributed by atoms with Gasteiger partial charge in [-0.2, -0.15) is 0 Å². The summed E-state index contributed by atoms with van der Waals surface area (Å²) in [6.45, 7) is 3.66. The number of piperidine rings is 1. The van der Waals surface area contributed by atoms with E-state index in [9.17, 15) is 4.79 Å². The van der Waals surface area contributed by atoms with Crippen LogP contribution in [0, 0.1) is 0 Å². The van der Waals surface area contributed by atoms with Crippen LogP contribution in [0.15, 0.2) is 47.1 Å². The lowest BCUT2D eigenvalue weighted by atomic mass is 10.1. The van der Waals surface area contributed by atoms with E-state index in [1.807, 2.05) is 36.4 Å². The molecule has 28 heavy (non-hydrogen) atoms. The third-order valence-electron chi connectivity index (χ3n) is 5.27. The lowest BCUT2D eigenvalue weighted by molar-refractivity contribution is 0.0706. The van der Waals surface area contributed by atoms with Gasteiger partial charge in [0.25, 0.3) is 0 Å². The van der Waals surface area contributed by atoms with Gasteiger partial charge in [0.1, 0.15) is 12.4 Å². The number of nitrogens with zero attached hydrogens (tertiary/aromatic N) is 2. The molecule has 1 aromatic carbocycles. The number of benzene rings is 1. The van der Waals surface area contributed by atoms with Gasteiger partial charge in [-0.15, -0.1) is 0 Å². The summed E-state index contributed by atoms with van der Waals surface area (Å²) in [6.07, 6.45) is 3.42. The van der Waals surface area contributed by atoms with Crippen molar-refractivity contribution in [1.82, 2.24) is 15.1 Å². The maximum atomic E-state index is 12.6. The minimum atomic E-state index is -0.166. The maximum absolute atomic E-state index is 12.6. The van der Waals surface area contributed by atoms with Gasteiger partial charge >= 0.3 is 6.03 Å². The van der Waals surface area contributed by atoms with Gasteiger partial charge in [-0.1, -0.05) is 12.1 Å². The van der Waals surface area contributed by atoms with Gasteiger partial charge in [0.15, 0.2) is 17.6 Å². The molecule has 2 aliphatic heterocycles. The first-order chi connectivity index (χ1) is 13.7. The van der Waals surface area contributed by atoms with E-state index in [0.717, 1.165) is 49.7 Å². The van der Waals surface area contributed by atoms with Gasteiger partial charge in [0, 0.05) is 26.2 Å². The molecule has 1 saturated heterocycles. The van der Waals surface area contributed by atoms with Gasteiger partial charge < -0.3 is 24.1 Å². The lowest BCUT2D eigenvalue weighted by Crippen LogP contribution is -2.50. The van der Waals surface area contributed by atoms with Crippen LogP contribution in [0.3, 0.4) is 0 Å². The van der Waals surface area contributed by atoms with Crippen molar-refractivity contribution in [3.8, 4) is 11.5 Å². The summed E-state index contributed by atoms with van der Waals surface area (Å²) >= 11 is 0. The highest BCUT2D eigenvalue weighted by Gasteiger charge is 2.26. The Bertz CT molecular complexity index is 772. The van der Waals surface area contributed by atoms with Crippen molar-refractivity contribution in [2.75, 3.05) is 33.3 Å². The van der Waals surface area contributed by atoms with E-state index in [1.54, 1.807) is 18.2 Å². The number of carbonyl (C=O) groups excluding carboxylic acids is 1. The Morgan fingerprint density at radius 1 is 1.18 bits per heavy atom. The highest BCUT2D eigenvalue weighted by atomic mass is 16.6. The van der Waals surface area contributed by atoms with Crippen molar-refractivity contribution >= 4 is 6.03 Å². The molecule has 2 aliphatic rings. The average Bonchev–Trinajstić information content (AvgIpc) is 3.22. The fourth-order valence-electron chi connectivity index (χ4n) is 3.68. The molecular weight excluding hydrogens is 358 g/mol. The summed E-state index contributed by atoms with van der Waals surface area (Å²) in [5.41, 5.74) is 0. The fraction of sp³-hybridized carbons (Fsp3) is 0.476. The van der Waals surface area contributed by atoms with Crippen LogP contribution >= 0.6 is 0 Å². The number of para-hydroxylation sites is 2. The second-order valence-electron chi connectivity index (χ2n) is 7.46. The van der Waals surface area contributed by atoms with Crippen LogP contribution in [0.4, 0.5) is 4.79 Å². The molecule has 1 aromatic heterocycles. The second-order valence-corrected chi connectivity index (χ2v) is 7.46. The zero-order chi connectivity index (χ0) is 19.3. The van der Waals surface area contributed by atoms with E-state index in [0.29, 0.717) is 13.2 Å². The smallest absolute Gasteiger partial charge is 0.317 e. The molecule has 7 nitrogen and oxygen atoms in total. The molecule has 3 heterocycles. The summed E-state index contributed by atoms with van der Waals surface area (Å²) in [5.74, 6) is 2.47. The molecule has 2 aromatic rings. The first-order valence-electron chi connectivity index (χ1n) is 9.82. The molecule has 0 spiro atoms. The summed E-state index contributed by atoms with van der Waals surface area (Å²) in [6, 6.07) is 11.7. The fourth-order valence-corrected chi connectivity index (χ4v) is 3.68. The van der Waals surface area contributed by atoms with Crippen LogP contribution in [0.25, 0.3) is 0 Å². The molecule has 0 bridgehead atoms. The number of carbonyl (C=O) groups is 1. The second kappa shape index (κ2) is 8.56. The highest BCUT2D eigenvalue weighted by molar-refractivity contribution is 5.74. The number of furan rings is 1. The third kappa shape index (κ3) is 4.59. The predicted molar refractivity (Wildman–Crippen MR) is 105 cm³/mol. The number of amides is 2. The standard InChI is InChI=1S/C21H27N3O4/c1-23(13-18-15-27-19-6-2-3-7-20(19)28-18)21(25)22-16-8-10-24(11-9-16)14-17-5-4-12-26-17/h2-7,12,16,18H,8-11,13-15H2,1H3,(H,22,25). The number of urea groups is 1. The summed E-state index contributed by atoms with van der Waals surface area (Å²) < 4.78 is 17.1. The minimum Gasteiger partial charge on any atom is -0.486 e. The third-order valence-corrected chi connectivity index (χ3v) is 5.27. The summed E-state index contributed by atoms with van der Waals surface area (Å²) in [7, 11) is 1.80.